The van der Waals surface area contributed by atoms with Gasteiger partial charge in [0.05, 0.1) is 20.3 Å². The Morgan fingerprint density at radius 1 is 1.19 bits per heavy atom. The zero-order valence-corrected chi connectivity index (χ0v) is 15.1. The molecule has 2 atom stereocenters. The smallest absolute Gasteiger partial charge is 0.126 e. The number of hydrogen-bond donors (Lipinski definition) is 1. The highest BCUT2D eigenvalue weighted by molar-refractivity contribution is 5.46. The lowest BCUT2D eigenvalue weighted by atomic mass is 9.74. The summed E-state index contributed by atoms with van der Waals surface area (Å²) in [5.74, 6) is 2.83. The van der Waals surface area contributed by atoms with Gasteiger partial charge in [0.15, 0.2) is 0 Å². The summed E-state index contributed by atoms with van der Waals surface area (Å²) in [6.45, 7) is 3.84. The Labute approximate surface area is 154 Å². The lowest BCUT2D eigenvalue weighted by Crippen LogP contribution is -2.42. The SMILES string of the molecule is COc1ccc2c(c1)OC[C@]1(CO)CN(CCOc3ccccc3)C[C@H]21. The first-order valence-corrected chi connectivity index (χ1v) is 9.06. The third-order valence-electron chi connectivity index (χ3n) is 5.56. The minimum atomic E-state index is -0.242. The van der Waals surface area contributed by atoms with Crippen LogP contribution in [-0.2, 0) is 0 Å². The third-order valence-corrected chi connectivity index (χ3v) is 5.56. The number of likely N-dealkylation sites (tertiary alicyclic amines) is 1. The van der Waals surface area contributed by atoms with Crippen LogP contribution in [0, 0.1) is 5.41 Å². The molecule has 0 unspecified atom stereocenters. The highest BCUT2D eigenvalue weighted by Gasteiger charge is 2.50. The predicted molar refractivity (Wildman–Crippen MR) is 99.1 cm³/mol. The Morgan fingerprint density at radius 3 is 2.81 bits per heavy atom. The van der Waals surface area contributed by atoms with Crippen molar-refractivity contribution in [2.75, 3.05) is 46.6 Å². The number of aliphatic hydroxyl groups is 1. The summed E-state index contributed by atoms with van der Waals surface area (Å²) in [4.78, 5) is 2.37. The number of rotatable bonds is 6. The molecule has 2 aliphatic rings. The van der Waals surface area contributed by atoms with E-state index in [1.807, 2.05) is 42.5 Å². The van der Waals surface area contributed by atoms with Crippen LogP contribution < -0.4 is 14.2 Å². The van der Waals surface area contributed by atoms with Crippen LogP contribution in [0.3, 0.4) is 0 Å². The van der Waals surface area contributed by atoms with Gasteiger partial charge in [0.25, 0.3) is 0 Å². The summed E-state index contributed by atoms with van der Waals surface area (Å²) >= 11 is 0. The molecule has 1 fully saturated rings. The molecule has 0 bridgehead atoms. The molecule has 0 radical (unpaired) electrons. The van der Waals surface area contributed by atoms with Gasteiger partial charge in [-0.2, -0.15) is 0 Å². The normalized spacial score (nSPS) is 24.5. The van der Waals surface area contributed by atoms with Crippen LogP contribution in [-0.4, -0.2) is 56.6 Å². The van der Waals surface area contributed by atoms with E-state index in [1.54, 1.807) is 7.11 Å². The van der Waals surface area contributed by atoms with Crippen molar-refractivity contribution in [3.63, 3.8) is 0 Å². The molecule has 0 aromatic heterocycles. The molecule has 0 aliphatic carbocycles. The fourth-order valence-electron chi connectivity index (χ4n) is 4.11. The molecule has 5 heteroatoms. The predicted octanol–water partition coefficient (Wildman–Crippen LogP) is 2.54. The number of nitrogens with zero attached hydrogens (tertiary/aromatic N) is 1. The molecule has 5 nitrogen and oxygen atoms in total. The van der Waals surface area contributed by atoms with Crippen LogP contribution in [0.15, 0.2) is 48.5 Å². The van der Waals surface area contributed by atoms with Gasteiger partial charge in [-0.25, -0.2) is 0 Å². The molecule has 2 heterocycles. The average molecular weight is 355 g/mol. The van der Waals surface area contributed by atoms with Crippen molar-refractivity contribution < 1.29 is 19.3 Å². The Hall–Kier alpha value is -2.24. The van der Waals surface area contributed by atoms with E-state index in [2.05, 4.69) is 11.0 Å². The van der Waals surface area contributed by atoms with Crippen LogP contribution in [0.2, 0.25) is 0 Å². The van der Waals surface area contributed by atoms with Gasteiger partial charge < -0.3 is 19.3 Å². The van der Waals surface area contributed by atoms with E-state index < -0.39 is 0 Å². The first-order valence-electron chi connectivity index (χ1n) is 9.06. The maximum absolute atomic E-state index is 10.1. The van der Waals surface area contributed by atoms with Crippen molar-refractivity contribution in [3.05, 3.63) is 54.1 Å². The monoisotopic (exact) mass is 355 g/mol. The number of fused-ring (bicyclic) bond motifs is 3. The van der Waals surface area contributed by atoms with E-state index in [1.165, 1.54) is 0 Å². The summed E-state index contributed by atoms with van der Waals surface area (Å²) in [5, 5.41) is 10.1. The Kier molecular flexibility index (Phi) is 4.74. The van der Waals surface area contributed by atoms with E-state index >= 15 is 0 Å². The van der Waals surface area contributed by atoms with E-state index in [0.717, 1.165) is 42.4 Å². The number of methoxy groups -OCH3 is 1. The summed E-state index contributed by atoms with van der Waals surface area (Å²) in [7, 11) is 1.66. The second kappa shape index (κ2) is 7.17. The lowest BCUT2D eigenvalue weighted by Gasteiger charge is -2.38. The third kappa shape index (κ3) is 3.13. The zero-order chi connectivity index (χ0) is 18.0. The largest absolute Gasteiger partial charge is 0.497 e. The highest BCUT2D eigenvalue weighted by atomic mass is 16.5. The molecule has 2 aromatic carbocycles. The molecule has 1 saturated heterocycles. The number of aliphatic hydroxyl groups excluding tert-OH is 1. The van der Waals surface area contributed by atoms with Gasteiger partial charge in [-0.05, 0) is 23.8 Å². The molecule has 2 aromatic rings. The molecule has 0 saturated carbocycles. The number of hydrogen-bond acceptors (Lipinski definition) is 5. The molecule has 4 rings (SSSR count). The van der Waals surface area contributed by atoms with Crippen LogP contribution in [0.4, 0.5) is 0 Å². The van der Waals surface area contributed by atoms with Gasteiger partial charge in [0.2, 0.25) is 0 Å². The van der Waals surface area contributed by atoms with Gasteiger partial charge >= 0.3 is 0 Å². The van der Waals surface area contributed by atoms with Gasteiger partial charge in [-0.3, -0.25) is 4.90 Å². The maximum atomic E-state index is 10.1. The molecular formula is C21H25NO4. The van der Waals surface area contributed by atoms with Crippen molar-refractivity contribution in [1.82, 2.24) is 4.90 Å². The fourth-order valence-corrected chi connectivity index (χ4v) is 4.11. The second-order valence-electron chi connectivity index (χ2n) is 7.16. The molecule has 0 spiro atoms. The van der Waals surface area contributed by atoms with Crippen LogP contribution in [0.25, 0.3) is 0 Å². The lowest BCUT2D eigenvalue weighted by molar-refractivity contribution is 0.0452. The summed E-state index contributed by atoms with van der Waals surface area (Å²) < 4.78 is 17.1. The Bertz CT molecular complexity index is 751. The van der Waals surface area contributed by atoms with Gasteiger partial charge in [-0.1, -0.05) is 24.3 Å². The summed E-state index contributed by atoms with van der Waals surface area (Å²) in [5.41, 5.74) is 0.923. The van der Waals surface area contributed by atoms with E-state index in [0.29, 0.717) is 13.2 Å². The molecule has 1 N–H and O–H groups in total. The second-order valence-corrected chi connectivity index (χ2v) is 7.16. The Morgan fingerprint density at radius 2 is 2.04 bits per heavy atom. The quantitative estimate of drug-likeness (QED) is 0.863. The minimum Gasteiger partial charge on any atom is -0.497 e. The molecule has 2 aliphatic heterocycles. The molecule has 138 valence electrons. The van der Waals surface area contributed by atoms with Crippen molar-refractivity contribution >= 4 is 0 Å². The summed E-state index contributed by atoms with van der Waals surface area (Å²) in [6.07, 6.45) is 0. The topological polar surface area (TPSA) is 51.2 Å². The molecule has 0 amide bonds. The van der Waals surface area contributed by atoms with Crippen molar-refractivity contribution in [2.24, 2.45) is 5.41 Å². The first-order chi connectivity index (χ1) is 12.7. The average Bonchev–Trinajstić information content (AvgIpc) is 3.08. The first kappa shape index (κ1) is 17.2. The molecular weight excluding hydrogens is 330 g/mol. The number of ether oxygens (including phenoxy) is 3. The minimum absolute atomic E-state index is 0.124. The van der Waals surface area contributed by atoms with E-state index in [4.69, 9.17) is 14.2 Å². The van der Waals surface area contributed by atoms with E-state index in [-0.39, 0.29) is 17.9 Å². The van der Waals surface area contributed by atoms with E-state index in [9.17, 15) is 5.11 Å². The number of para-hydroxylation sites is 1. The van der Waals surface area contributed by atoms with Crippen LogP contribution in [0.5, 0.6) is 17.2 Å². The fraction of sp³-hybridized carbons (Fsp3) is 0.429. The van der Waals surface area contributed by atoms with Gasteiger partial charge in [-0.15, -0.1) is 0 Å². The standard InChI is InChI=1S/C21H25NO4/c1-24-17-7-8-18-19-12-22(9-10-25-16-5-3-2-4-6-16)13-21(19,14-23)15-26-20(18)11-17/h2-8,11,19,23H,9-10,12-15H2,1H3/t19-,21-/m1/s1. The van der Waals surface area contributed by atoms with Gasteiger partial charge in [0.1, 0.15) is 23.9 Å². The summed E-state index contributed by atoms with van der Waals surface area (Å²) in [6, 6.07) is 15.9. The Balaban J connectivity index is 1.45. The van der Waals surface area contributed by atoms with Crippen LogP contribution in [0.1, 0.15) is 11.5 Å². The van der Waals surface area contributed by atoms with Gasteiger partial charge in [0, 0.05) is 37.0 Å². The van der Waals surface area contributed by atoms with Crippen molar-refractivity contribution in [2.45, 2.75) is 5.92 Å². The molecule has 26 heavy (non-hydrogen) atoms. The van der Waals surface area contributed by atoms with Crippen LogP contribution >= 0.6 is 0 Å². The number of benzene rings is 2. The highest BCUT2D eigenvalue weighted by Crippen LogP contribution is 2.49. The maximum Gasteiger partial charge on any atom is 0.126 e. The zero-order valence-electron chi connectivity index (χ0n) is 15.1. The van der Waals surface area contributed by atoms with Crippen molar-refractivity contribution in [1.29, 1.82) is 0 Å². The van der Waals surface area contributed by atoms with Crippen molar-refractivity contribution in [3.8, 4) is 17.2 Å².